The zero-order valence-corrected chi connectivity index (χ0v) is 10.4. The topological polar surface area (TPSA) is 47.3 Å². The average Bonchev–Trinajstić information content (AvgIpc) is 2.23. The molecule has 0 aliphatic carbocycles. The zero-order chi connectivity index (χ0) is 12.0. The average molecular weight is 222 g/mol. The van der Waals surface area contributed by atoms with Gasteiger partial charge in [-0.2, -0.15) is 0 Å². The maximum absolute atomic E-state index is 5.47. The van der Waals surface area contributed by atoms with Crippen molar-refractivity contribution in [2.24, 2.45) is 5.73 Å². The minimum atomic E-state index is 0.133. The lowest BCUT2D eigenvalue weighted by Crippen LogP contribution is -2.35. The summed E-state index contributed by atoms with van der Waals surface area (Å²) in [6.45, 7) is 8.43. The standard InChI is InChI=1S/C13H22N2O/c1-13(2,3)15-10-11-5-4-6-12(9-11)16-8-7-14/h4-6,9,15H,7-8,10,14H2,1-3H3. The Morgan fingerprint density at radius 2 is 2.06 bits per heavy atom. The lowest BCUT2D eigenvalue weighted by Gasteiger charge is -2.20. The number of hydrogen-bond acceptors (Lipinski definition) is 3. The lowest BCUT2D eigenvalue weighted by atomic mass is 10.1. The first-order valence-electron chi connectivity index (χ1n) is 5.68. The first kappa shape index (κ1) is 13.0. The third kappa shape index (κ3) is 5.14. The molecule has 0 amide bonds. The summed E-state index contributed by atoms with van der Waals surface area (Å²) in [6.07, 6.45) is 0. The van der Waals surface area contributed by atoms with Crippen LogP contribution >= 0.6 is 0 Å². The van der Waals surface area contributed by atoms with E-state index in [1.807, 2.05) is 12.1 Å². The summed E-state index contributed by atoms with van der Waals surface area (Å²) in [7, 11) is 0. The third-order valence-electron chi connectivity index (χ3n) is 2.11. The summed E-state index contributed by atoms with van der Waals surface area (Å²) in [5.74, 6) is 0.888. The Morgan fingerprint density at radius 3 is 2.69 bits per heavy atom. The summed E-state index contributed by atoms with van der Waals surface area (Å²) in [4.78, 5) is 0. The fourth-order valence-electron chi connectivity index (χ4n) is 1.29. The monoisotopic (exact) mass is 222 g/mol. The van der Waals surface area contributed by atoms with Crippen LogP contribution in [0.4, 0.5) is 0 Å². The van der Waals surface area contributed by atoms with Crippen LogP contribution in [0.25, 0.3) is 0 Å². The van der Waals surface area contributed by atoms with Crippen LogP contribution in [0.1, 0.15) is 26.3 Å². The number of ether oxygens (including phenoxy) is 1. The lowest BCUT2D eigenvalue weighted by molar-refractivity contribution is 0.327. The van der Waals surface area contributed by atoms with Crippen molar-refractivity contribution < 1.29 is 4.74 Å². The molecule has 0 aliphatic heterocycles. The molecule has 1 aromatic carbocycles. The third-order valence-corrected chi connectivity index (χ3v) is 2.11. The molecule has 0 atom stereocenters. The molecule has 3 heteroatoms. The maximum atomic E-state index is 5.47. The normalized spacial score (nSPS) is 11.5. The van der Waals surface area contributed by atoms with Gasteiger partial charge in [0, 0.05) is 18.6 Å². The molecule has 0 bridgehead atoms. The van der Waals surface area contributed by atoms with Gasteiger partial charge in [0.2, 0.25) is 0 Å². The molecule has 0 heterocycles. The first-order valence-corrected chi connectivity index (χ1v) is 5.68. The number of hydrogen-bond donors (Lipinski definition) is 2. The molecule has 0 saturated heterocycles. The summed E-state index contributed by atoms with van der Waals surface area (Å²) in [5, 5.41) is 3.44. The van der Waals surface area contributed by atoms with Gasteiger partial charge in [-0.3, -0.25) is 0 Å². The second-order valence-corrected chi connectivity index (χ2v) is 4.89. The second kappa shape index (κ2) is 5.87. The predicted octanol–water partition coefficient (Wildman–Crippen LogP) is 1.91. The van der Waals surface area contributed by atoms with E-state index in [4.69, 9.17) is 10.5 Å². The van der Waals surface area contributed by atoms with Crippen LogP contribution in [0.2, 0.25) is 0 Å². The Bertz CT molecular complexity index is 318. The van der Waals surface area contributed by atoms with Gasteiger partial charge in [-0.25, -0.2) is 0 Å². The fraction of sp³-hybridized carbons (Fsp3) is 0.538. The van der Waals surface area contributed by atoms with Gasteiger partial charge in [0.1, 0.15) is 12.4 Å². The summed E-state index contributed by atoms with van der Waals surface area (Å²) < 4.78 is 5.47. The molecule has 0 radical (unpaired) electrons. The first-order chi connectivity index (χ1) is 7.51. The molecule has 0 aromatic heterocycles. The van der Waals surface area contributed by atoms with Gasteiger partial charge in [0.25, 0.3) is 0 Å². The Hall–Kier alpha value is -1.06. The van der Waals surface area contributed by atoms with E-state index in [0.29, 0.717) is 13.2 Å². The minimum Gasteiger partial charge on any atom is -0.492 e. The molecule has 0 unspecified atom stereocenters. The van der Waals surface area contributed by atoms with E-state index < -0.39 is 0 Å². The molecule has 3 nitrogen and oxygen atoms in total. The fourth-order valence-corrected chi connectivity index (χ4v) is 1.29. The summed E-state index contributed by atoms with van der Waals surface area (Å²) in [6, 6.07) is 8.10. The van der Waals surface area contributed by atoms with Crippen LogP contribution in [0, 0.1) is 0 Å². The van der Waals surface area contributed by atoms with Crippen molar-refractivity contribution in [1.29, 1.82) is 0 Å². The van der Waals surface area contributed by atoms with E-state index in [2.05, 4.69) is 38.2 Å². The van der Waals surface area contributed by atoms with Crippen molar-refractivity contribution >= 4 is 0 Å². The van der Waals surface area contributed by atoms with E-state index in [-0.39, 0.29) is 5.54 Å². The number of benzene rings is 1. The van der Waals surface area contributed by atoms with Crippen molar-refractivity contribution in [3.05, 3.63) is 29.8 Å². The predicted molar refractivity (Wildman–Crippen MR) is 67.6 cm³/mol. The van der Waals surface area contributed by atoms with Crippen LogP contribution in [0.15, 0.2) is 24.3 Å². The van der Waals surface area contributed by atoms with Crippen molar-refractivity contribution in [3.8, 4) is 5.75 Å². The van der Waals surface area contributed by atoms with Gasteiger partial charge < -0.3 is 15.8 Å². The van der Waals surface area contributed by atoms with E-state index >= 15 is 0 Å². The molecule has 1 aromatic rings. The highest BCUT2D eigenvalue weighted by Crippen LogP contribution is 2.13. The molecule has 0 aliphatic rings. The molecule has 1 rings (SSSR count). The Kier molecular flexibility index (Phi) is 4.77. The minimum absolute atomic E-state index is 0.133. The van der Waals surface area contributed by atoms with Crippen molar-refractivity contribution in [3.63, 3.8) is 0 Å². The van der Waals surface area contributed by atoms with Gasteiger partial charge in [0.05, 0.1) is 0 Å². The Labute approximate surface area is 98.0 Å². The highest BCUT2D eigenvalue weighted by atomic mass is 16.5. The van der Waals surface area contributed by atoms with Crippen molar-refractivity contribution in [2.75, 3.05) is 13.2 Å². The molecular weight excluding hydrogens is 200 g/mol. The zero-order valence-electron chi connectivity index (χ0n) is 10.4. The number of nitrogens with one attached hydrogen (secondary N) is 1. The SMILES string of the molecule is CC(C)(C)NCc1cccc(OCCN)c1. The highest BCUT2D eigenvalue weighted by Gasteiger charge is 2.08. The molecule has 90 valence electrons. The van der Waals surface area contributed by atoms with E-state index in [0.717, 1.165) is 12.3 Å². The Morgan fingerprint density at radius 1 is 1.31 bits per heavy atom. The van der Waals surface area contributed by atoms with Crippen LogP contribution in [-0.4, -0.2) is 18.7 Å². The highest BCUT2D eigenvalue weighted by molar-refractivity contribution is 5.28. The van der Waals surface area contributed by atoms with Crippen LogP contribution in [0.3, 0.4) is 0 Å². The smallest absolute Gasteiger partial charge is 0.119 e. The molecule has 3 N–H and O–H groups in total. The van der Waals surface area contributed by atoms with Gasteiger partial charge in [0.15, 0.2) is 0 Å². The molecule has 0 spiro atoms. The number of rotatable bonds is 5. The van der Waals surface area contributed by atoms with Crippen LogP contribution < -0.4 is 15.8 Å². The second-order valence-electron chi connectivity index (χ2n) is 4.89. The maximum Gasteiger partial charge on any atom is 0.119 e. The van der Waals surface area contributed by atoms with Crippen LogP contribution in [0.5, 0.6) is 5.75 Å². The van der Waals surface area contributed by atoms with Crippen molar-refractivity contribution in [1.82, 2.24) is 5.32 Å². The Balaban J connectivity index is 2.53. The van der Waals surface area contributed by atoms with Gasteiger partial charge in [-0.1, -0.05) is 12.1 Å². The van der Waals surface area contributed by atoms with E-state index in [1.54, 1.807) is 0 Å². The molecule has 16 heavy (non-hydrogen) atoms. The molecule has 0 fully saturated rings. The van der Waals surface area contributed by atoms with Gasteiger partial charge in [-0.05, 0) is 38.5 Å². The van der Waals surface area contributed by atoms with E-state index in [9.17, 15) is 0 Å². The molecule has 0 saturated carbocycles. The van der Waals surface area contributed by atoms with Crippen molar-refractivity contribution in [2.45, 2.75) is 32.9 Å². The quantitative estimate of drug-likeness (QED) is 0.800. The summed E-state index contributed by atoms with van der Waals surface area (Å²) in [5.41, 5.74) is 6.75. The molecular formula is C13H22N2O. The van der Waals surface area contributed by atoms with E-state index in [1.165, 1.54) is 5.56 Å². The summed E-state index contributed by atoms with van der Waals surface area (Å²) >= 11 is 0. The van der Waals surface area contributed by atoms with Crippen LogP contribution in [-0.2, 0) is 6.54 Å². The van der Waals surface area contributed by atoms with Gasteiger partial charge in [-0.15, -0.1) is 0 Å². The van der Waals surface area contributed by atoms with Gasteiger partial charge >= 0.3 is 0 Å². The number of nitrogens with two attached hydrogens (primary N) is 1. The largest absolute Gasteiger partial charge is 0.492 e.